The highest BCUT2D eigenvalue weighted by Crippen LogP contribution is 2.29. The van der Waals surface area contributed by atoms with Gasteiger partial charge in [0.2, 0.25) is 48.9 Å². The van der Waals surface area contributed by atoms with Crippen molar-refractivity contribution in [2.45, 2.75) is 194 Å². The average molecular weight is 1530 g/mol. The highest BCUT2D eigenvalue weighted by atomic mass is 16.5. The van der Waals surface area contributed by atoms with Crippen LogP contribution in [0, 0.1) is 33.6 Å². The summed E-state index contributed by atoms with van der Waals surface area (Å²) in [5, 5.41) is 8.42. The van der Waals surface area contributed by atoms with Gasteiger partial charge < -0.3 is 39.6 Å². The fraction of sp³-hybridized carbons (Fsp3) is 0.439. The van der Waals surface area contributed by atoms with Crippen molar-refractivity contribution in [3.63, 3.8) is 0 Å². The number of allylic oxidation sites excluding steroid dienone is 4. The molecule has 0 aromatic heterocycles. The number of aryl methyl sites for hydroxylation is 1. The normalized spacial score (nSPS) is 13.6. The van der Waals surface area contributed by atoms with Gasteiger partial charge in [-0.3, -0.25) is 91.1 Å². The highest BCUT2D eigenvalue weighted by molar-refractivity contribution is 6.21. The first-order chi connectivity index (χ1) is 51.9. The molecule has 0 amide bonds. The number of hydrogen-bond donors (Lipinski definition) is 3. The number of fused-ring (bicyclic) bond motifs is 1. The lowest BCUT2D eigenvalue weighted by Crippen LogP contribution is -2.37. The van der Waals surface area contributed by atoms with Crippen molar-refractivity contribution in [3.8, 4) is 11.5 Å². The van der Waals surface area contributed by atoms with E-state index in [4.69, 9.17) is 18.9 Å². The number of benzene rings is 1. The third-order valence-electron chi connectivity index (χ3n) is 17.0. The lowest BCUT2D eigenvalue weighted by molar-refractivity contribution is -0.144. The Kier molecular flexibility index (Phi) is 39.5. The summed E-state index contributed by atoms with van der Waals surface area (Å²) in [5.74, 6) is 0.331. The number of esters is 3. The Morgan fingerprint density at radius 1 is 0.455 bits per heavy atom. The summed E-state index contributed by atoms with van der Waals surface area (Å²) in [6, 6.07) is 5.75. The van der Waals surface area contributed by atoms with Crippen LogP contribution in [0.2, 0.25) is 0 Å². The summed E-state index contributed by atoms with van der Waals surface area (Å²) in [5.41, 5.74) is 4.51. The maximum absolute atomic E-state index is 11.3. The maximum Gasteiger partial charge on any atom is 0.344 e. The number of ketones is 5. The van der Waals surface area contributed by atoms with Crippen LogP contribution in [0.25, 0.3) is 5.76 Å². The molecule has 1 atom stereocenters. The van der Waals surface area contributed by atoms with Crippen molar-refractivity contribution in [2.24, 2.45) is 5.92 Å². The largest absolute Gasteiger partial charge is 0.489 e. The van der Waals surface area contributed by atoms with Gasteiger partial charge in [-0.05, 0) is 131 Å². The molecule has 2 heterocycles. The quantitative estimate of drug-likeness (QED) is 0.0279. The molecule has 28 nitrogen and oxygen atoms in total. The van der Waals surface area contributed by atoms with Crippen molar-refractivity contribution in [2.75, 3.05) is 55.4 Å². The molecule has 7 aromatic carbocycles. The number of ether oxygens (including phenoxy) is 5. The minimum atomic E-state index is -0.521. The van der Waals surface area contributed by atoms with E-state index in [0.717, 1.165) is 36.8 Å². The zero-order valence-corrected chi connectivity index (χ0v) is 65.5. The van der Waals surface area contributed by atoms with Gasteiger partial charge in [0.25, 0.3) is 16.3 Å². The Hall–Kier alpha value is -11.6. The molecule has 2 aliphatic heterocycles. The molecule has 592 valence electrons. The van der Waals surface area contributed by atoms with E-state index in [1.54, 1.807) is 48.5 Å². The molecule has 110 heavy (non-hydrogen) atoms. The fourth-order valence-corrected chi connectivity index (χ4v) is 10.8. The topological polar surface area (TPSA) is 424 Å². The van der Waals surface area contributed by atoms with Crippen LogP contribution >= 0.6 is 0 Å². The van der Waals surface area contributed by atoms with Gasteiger partial charge in [0.05, 0.1) is 56.0 Å². The summed E-state index contributed by atoms with van der Waals surface area (Å²) in [4.78, 5) is 216. The molecule has 0 bridgehead atoms. The molecule has 11 rings (SSSR count). The lowest BCUT2D eigenvalue weighted by atomic mass is 9.96. The van der Waals surface area contributed by atoms with E-state index in [-0.39, 0.29) is 139 Å². The van der Waals surface area contributed by atoms with Crippen LogP contribution in [0.4, 0.5) is 17.1 Å². The zero-order valence-electron chi connectivity index (χ0n) is 65.5. The van der Waals surface area contributed by atoms with E-state index in [9.17, 15) is 95.9 Å². The van der Waals surface area contributed by atoms with Crippen molar-refractivity contribution < 1.29 is 62.0 Å². The number of carbonyl (C=O) groups is 8. The molecule has 0 saturated carbocycles. The van der Waals surface area contributed by atoms with Gasteiger partial charge in [-0.25, -0.2) is 4.79 Å². The van der Waals surface area contributed by atoms with Gasteiger partial charge in [-0.15, -0.1) is 0 Å². The van der Waals surface area contributed by atoms with Gasteiger partial charge in [0.15, 0.2) is 34.6 Å². The van der Waals surface area contributed by atoms with E-state index in [1.807, 2.05) is 66.7 Å². The van der Waals surface area contributed by atoms with Crippen LogP contribution in [-0.2, 0) is 73.5 Å². The Labute approximate surface area is 634 Å². The van der Waals surface area contributed by atoms with Gasteiger partial charge in [-0.1, -0.05) is 73.3 Å². The molecular weight excluding hydrogens is 1430 g/mol. The first kappa shape index (κ1) is 94.5. The predicted molar refractivity (Wildman–Crippen MR) is 420 cm³/mol. The predicted octanol–water partition coefficient (Wildman–Crippen LogP) is 6.58. The maximum atomic E-state index is 11.3. The fourth-order valence-electron chi connectivity index (χ4n) is 10.8. The van der Waals surface area contributed by atoms with Crippen molar-refractivity contribution in [1.82, 2.24) is 0 Å². The molecule has 28 heteroatoms. The smallest absolute Gasteiger partial charge is 0.344 e. The van der Waals surface area contributed by atoms with Crippen LogP contribution in [0.1, 0.15) is 201 Å². The minimum absolute atomic E-state index is 0.0387. The Morgan fingerprint density at radius 3 is 1.25 bits per heavy atom. The summed E-state index contributed by atoms with van der Waals surface area (Å²) in [7, 11) is 0. The van der Waals surface area contributed by atoms with E-state index in [1.165, 1.54) is 12.2 Å². The molecule has 2 aliphatic carbocycles. The molecule has 1 unspecified atom stereocenters. The molecule has 0 radical (unpaired) electrons. The van der Waals surface area contributed by atoms with Crippen molar-refractivity contribution in [3.05, 3.63) is 239 Å². The highest BCUT2D eigenvalue weighted by Gasteiger charge is 2.28. The average Bonchev–Trinajstić information content (AvgIpc) is 1.19. The zero-order chi connectivity index (χ0) is 83.7. The third kappa shape index (κ3) is 25.8. The molecule has 1 fully saturated rings. The van der Waals surface area contributed by atoms with Gasteiger partial charge in [0.1, 0.15) is 23.0 Å². The molecule has 7 aromatic rings. The second kappa shape index (κ2) is 45.9. The van der Waals surface area contributed by atoms with Crippen molar-refractivity contribution >= 4 is 69.6 Å². The molecule has 3 N–H and O–H groups in total. The molecular formula is C82H99N3O25. The second-order valence-corrected chi connectivity index (χ2v) is 24.8. The molecule has 1 saturated heterocycles. The van der Waals surface area contributed by atoms with E-state index < -0.39 is 22.3 Å². The summed E-state index contributed by atoms with van der Waals surface area (Å²) in [6.07, 6.45) is 9.04. The first-order valence-electron chi connectivity index (χ1n) is 36.3. The molecule has 0 spiro atoms. The number of nitrogens with one attached hydrogen (secondary N) is 3. The van der Waals surface area contributed by atoms with E-state index >= 15 is 0 Å². The number of anilines is 3. The van der Waals surface area contributed by atoms with E-state index in [2.05, 4.69) is 47.7 Å². The SMILES string of the molecule is C=C1CC(CC)CC(=O)O1.C=C1OC(=O)c2cc(CC)ccc21.CCCC(=O)CC1=CC(=O)CC1=O.CCNc1c(C)c(=O)c1=O.CCNc1c(C)c(=O)c1=O.CCNc1c(OCC)c(=O)c1=O.CCOC(=O)CC1=CC(=O)CC1=O.CCOc1c(CC)c(=O)c1=O.CCc1c(C)c(=O)c1=O.CCc1c(C)c(=O)c1=O. The van der Waals surface area contributed by atoms with E-state index in [0.29, 0.717) is 150 Å². The van der Waals surface area contributed by atoms with Gasteiger partial charge in [0, 0.05) is 101 Å². The number of rotatable bonds is 22. The Morgan fingerprint density at radius 2 is 0.882 bits per heavy atom. The number of Topliss-reactive ketones (excluding diaryl/α,β-unsaturated/α-hetero) is 3. The number of hydrogen-bond acceptors (Lipinski definition) is 28. The van der Waals surface area contributed by atoms with Crippen LogP contribution in [0.5, 0.6) is 11.5 Å². The minimum Gasteiger partial charge on any atom is -0.489 e. The van der Waals surface area contributed by atoms with Crippen LogP contribution < -0.4 is 90.6 Å². The standard InChI is InChI=1S/C11H10O2.C10H12O3.C9H10O4.C8H11NO3.C8H10O3.C8H12O2.2C7H9NO2.2C7H8O2/c1-3-8-4-5-9-7(2)13-11(12)10(9)6-8;1-2-3-8(11)4-7-5-9(12)6-10(7)13;1-2-13-9(12)4-6-3-7(10)5-8(6)11;1-3-9-5-6(10)7(11)8(5)12-4-2;1-3-5-6(9)7(10)8(5)11-4-2;1-3-7-4-6(2)10-8(9)5-7;2*1-3-8-5-4(2)6(9)7(5)10;2*1-3-5-4(2)6(8)7(5)9/h4-6H,2-3H2,1H3;5H,2-4,6H2,1H3;3H,2,4-5H2,1H3;9H,3-4H2,1-2H3;3-4H2,1-2H3;7H,2-5H2,1H3;2*8H,3H2,1-2H3;2*3H2,1-2H3. The van der Waals surface area contributed by atoms with Gasteiger partial charge in [-0.2, -0.15) is 0 Å². The Bertz CT molecular complexity index is 4810. The van der Waals surface area contributed by atoms with Crippen molar-refractivity contribution in [1.29, 1.82) is 0 Å². The summed E-state index contributed by atoms with van der Waals surface area (Å²) in [6.45, 7) is 39.6. The summed E-state index contributed by atoms with van der Waals surface area (Å²) >= 11 is 0. The Balaban J connectivity index is 0.000000416. The van der Waals surface area contributed by atoms with Gasteiger partial charge >= 0.3 is 17.9 Å². The number of cyclic esters (lactones) is 2. The second-order valence-electron chi connectivity index (χ2n) is 24.8. The van der Waals surface area contributed by atoms with Crippen LogP contribution in [0.3, 0.4) is 0 Å². The lowest BCUT2D eigenvalue weighted by Gasteiger charge is -2.20. The summed E-state index contributed by atoms with van der Waals surface area (Å²) < 4.78 is 24.3. The third-order valence-corrected chi connectivity index (χ3v) is 17.0. The number of carbonyl (C=O) groups excluding carboxylic acids is 8. The monoisotopic (exact) mass is 1530 g/mol. The molecule has 4 aliphatic rings. The van der Waals surface area contributed by atoms with Crippen LogP contribution in [-0.4, -0.2) is 86.3 Å². The first-order valence-corrected chi connectivity index (χ1v) is 36.3. The van der Waals surface area contributed by atoms with Crippen LogP contribution in [0.15, 0.2) is 118 Å².